The van der Waals surface area contributed by atoms with E-state index in [1.807, 2.05) is 64.1 Å². The molecule has 1 atom stereocenters. The number of amides is 1. The van der Waals surface area contributed by atoms with Gasteiger partial charge in [0.05, 0.1) is 4.90 Å². The van der Waals surface area contributed by atoms with E-state index >= 15 is 0 Å². The summed E-state index contributed by atoms with van der Waals surface area (Å²) >= 11 is 0. The van der Waals surface area contributed by atoms with E-state index in [0.717, 1.165) is 27.8 Å². The minimum Gasteiger partial charge on any atom is -0.351 e. The molecule has 1 aliphatic heterocycles. The molecule has 0 spiro atoms. The highest BCUT2D eigenvalue weighted by Crippen LogP contribution is 2.30. The van der Waals surface area contributed by atoms with Crippen molar-refractivity contribution in [3.05, 3.63) is 64.2 Å². The highest BCUT2D eigenvalue weighted by molar-refractivity contribution is 7.89. The molecule has 5 nitrogen and oxygen atoms in total. The van der Waals surface area contributed by atoms with Gasteiger partial charge in [-0.05, 0) is 57.2 Å². The molecular formula is C22H28N2O3S. The quantitative estimate of drug-likeness (QED) is 0.837. The van der Waals surface area contributed by atoms with E-state index in [4.69, 9.17) is 0 Å². The number of hydrogen-bond acceptors (Lipinski definition) is 3. The zero-order valence-corrected chi connectivity index (χ0v) is 17.8. The molecule has 28 heavy (non-hydrogen) atoms. The third-order valence-corrected chi connectivity index (χ3v) is 7.48. The summed E-state index contributed by atoms with van der Waals surface area (Å²) in [6.45, 7) is 8.36. The van der Waals surface area contributed by atoms with E-state index in [1.165, 1.54) is 4.31 Å². The van der Waals surface area contributed by atoms with Gasteiger partial charge in [-0.2, -0.15) is 4.31 Å². The molecule has 1 aliphatic rings. The van der Waals surface area contributed by atoms with E-state index in [9.17, 15) is 13.2 Å². The summed E-state index contributed by atoms with van der Waals surface area (Å²) in [6.07, 6.45) is 1.23. The zero-order valence-electron chi connectivity index (χ0n) is 17.0. The van der Waals surface area contributed by atoms with E-state index in [0.29, 0.717) is 30.8 Å². The Kier molecular flexibility index (Phi) is 5.91. The molecule has 1 N–H and O–H groups in total. The lowest BCUT2D eigenvalue weighted by Gasteiger charge is -2.25. The molecule has 1 heterocycles. The third-order valence-electron chi connectivity index (χ3n) is 5.27. The van der Waals surface area contributed by atoms with Crippen LogP contribution in [0.3, 0.4) is 0 Å². The molecule has 0 saturated carbocycles. The summed E-state index contributed by atoms with van der Waals surface area (Å²) in [7, 11) is -3.73. The van der Waals surface area contributed by atoms with Crippen LogP contribution >= 0.6 is 0 Å². The van der Waals surface area contributed by atoms with Crippen LogP contribution in [0, 0.1) is 27.7 Å². The average molecular weight is 401 g/mol. The molecule has 2 aromatic carbocycles. The molecular weight excluding hydrogens is 372 g/mol. The minimum absolute atomic E-state index is 0.232. The monoisotopic (exact) mass is 400 g/mol. The summed E-state index contributed by atoms with van der Waals surface area (Å²) in [5.41, 5.74) is 4.64. The fraction of sp³-hybridized carbons (Fsp3) is 0.409. The van der Waals surface area contributed by atoms with Crippen LogP contribution in [0.2, 0.25) is 0 Å². The van der Waals surface area contributed by atoms with Gasteiger partial charge in [-0.1, -0.05) is 47.5 Å². The second-order valence-corrected chi connectivity index (χ2v) is 9.53. The lowest BCUT2D eigenvalue weighted by atomic mass is 10.1. The molecule has 1 saturated heterocycles. The van der Waals surface area contributed by atoms with Crippen LogP contribution < -0.4 is 5.32 Å². The smallest absolute Gasteiger partial charge is 0.244 e. The maximum Gasteiger partial charge on any atom is 0.244 e. The van der Waals surface area contributed by atoms with Gasteiger partial charge in [0.2, 0.25) is 15.9 Å². The average Bonchev–Trinajstić information content (AvgIpc) is 3.10. The maximum atomic E-state index is 13.4. The Labute approximate surface area is 167 Å². The highest BCUT2D eigenvalue weighted by atomic mass is 32.2. The summed E-state index contributed by atoms with van der Waals surface area (Å²) < 4.78 is 28.1. The number of hydrogen-bond donors (Lipinski definition) is 1. The topological polar surface area (TPSA) is 66.5 Å². The van der Waals surface area contributed by atoms with Gasteiger partial charge in [-0.3, -0.25) is 4.79 Å². The third kappa shape index (κ3) is 4.13. The number of rotatable bonds is 5. The maximum absolute atomic E-state index is 13.4. The lowest BCUT2D eigenvalue weighted by Crippen LogP contribution is -2.45. The highest BCUT2D eigenvalue weighted by Gasteiger charge is 2.40. The molecule has 0 radical (unpaired) electrons. The molecule has 2 aromatic rings. The van der Waals surface area contributed by atoms with Crippen molar-refractivity contribution in [2.45, 2.75) is 58.0 Å². The Balaban J connectivity index is 1.80. The van der Waals surface area contributed by atoms with Crippen molar-refractivity contribution in [3.8, 4) is 0 Å². The van der Waals surface area contributed by atoms with Gasteiger partial charge >= 0.3 is 0 Å². The lowest BCUT2D eigenvalue weighted by molar-refractivity contribution is -0.124. The van der Waals surface area contributed by atoms with Crippen LogP contribution in [0.25, 0.3) is 0 Å². The number of aryl methyl sites for hydroxylation is 4. The van der Waals surface area contributed by atoms with E-state index in [-0.39, 0.29) is 5.91 Å². The largest absolute Gasteiger partial charge is 0.351 e. The van der Waals surface area contributed by atoms with Crippen molar-refractivity contribution in [1.29, 1.82) is 0 Å². The first-order valence-corrected chi connectivity index (χ1v) is 11.1. The van der Waals surface area contributed by atoms with Gasteiger partial charge < -0.3 is 5.32 Å². The van der Waals surface area contributed by atoms with Crippen LogP contribution in [0.4, 0.5) is 0 Å². The van der Waals surface area contributed by atoms with Gasteiger partial charge in [-0.25, -0.2) is 8.42 Å². The second-order valence-electron chi connectivity index (χ2n) is 7.71. The molecule has 0 aromatic heterocycles. The number of carbonyl (C=O) groups is 1. The first-order valence-electron chi connectivity index (χ1n) is 9.63. The standard InChI is InChI=1S/C22H28N2O3S/c1-15-7-9-19(10-8-15)14-23-22(25)20-6-5-11-24(20)28(26,27)21-17(3)12-16(2)13-18(21)4/h7-10,12-13,20H,5-6,11,14H2,1-4H3,(H,23,25). The van der Waals surface area contributed by atoms with Gasteiger partial charge in [-0.15, -0.1) is 0 Å². The Hall–Kier alpha value is -2.18. The fourth-order valence-corrected chi connectivity index (χ4v) is 6.07. The molecule has 1 unspecified atom stereocenters. The summed E-state index contributed by atoms with van der Waals surface area (Å²) in [4.78, 5) is 13.1. The second kappa shape index (κ2) is 8.05. The van der Waals surface area contributed by atoms with Crippen LogP contribution in [0.15, 0.2) is 41.3 Å². The molecule has 1 fully saturated rings. The van der Waals surface area contributed by atoms with Crippen LogP contribution in [-0.4, -0.2) is 31.2 Å². The summed E-state index contributed by atoms with van der Waals surface area (Å²) in [5.74, 6) is -0.232. The summed E-state index contributed by atoms with van der Waals surface area (Å²) in [5, 5.41) is 2.91. The fourth-order valence-electron chi connectivity index (χ4n) is 3.99. The molecule has 0 aliphatic carbocycles. The van der Waals surface area contributed by atoms with Gasteiger partial charge in [0.25, 0.3) is 0 Å². The van der Waals surface area contributed by atoms with Crippen molar-refractivity contribution in [2.24, 2.45) is 0 Å². The van der Waals surface area contributed by atoms with Crippen LogP contribution in [-0.2, 0) is 21.4 Å². The van der Waals surface area contributed by atoms with Gasteiger partial charge in [0, 0.05) is 13.1 Å². The number of benzene rings is 2. The van der Waals surface area contributed by atoms with Crippen molar-refractivity contribution >= 4 is 15.9 Å². The Morgan fingerprint density at radius 3 is 2.25 bits per heavy atom. The SMILES string of the molecule is Cc1ccc(CNC(=O)C2CCCN2S(=O)(=O)c2c(C)cc(C)cc2C)cc1. The van der Waals surface area contributed by atoms with E-state index < -0.39 is 16.1 Å². The van der Waals surface area contributed by atoms with Crippen LogP contribution in [0.1, 0.15) is 40.7 Å². The normalized spacial score (nSPS) is 17.6. The van der Waals surface area contributed by atoms with E-state index in [2.05, 4.69) is 5.32 Å². The van der Waals surface area contributed by atoms with Crippen molar-refractivity contribution in [2.75, 3.05) is 6.54 Å². The first-order chi connectivity index (χ1) is 13.2. The molecule has 3 rings (SSSR count). The Morgan fingerprint density at radius 2 is 1.64 bits per heavy atom. The summed E-state index contributed by atoms with van der Waals surface area (Å²) in [6, 6.07) is 11.0. The molecule has 150 valence electrons. The van der Waals surface area contributed by atoms with Crippen LogP contribution in [0.5, 0.6) is 0 Å². The first kappa shape index (κ1) is 20.6. The predicted octanol–water partition coefficient (Wildman–Crippen LogP) is 3.39. The molecule has 0 bridgehead atoms. The molecule has 1 amide bonds. The zero-order chi connectivity index (χ0) is 20.5. The van der Waals surface area contributed by atoms with Crippen molar-refractivity contribution < 1.29 is 13.2 Å². The minimum atomic E-state index is -3.73. The van der Waals surface area contributed by atoms with Gasteiger partial charge in [0.15, 0.2) is 0 Å². The Morgan fingerprint density at radius 1 is 1.04 bits per heavy atom. The number of carbonyl (C=O) groups excluding carboxylic acids is 1. The van der Waals surface area contributed by atoms with E-state index in [1.54, 1.807) is 0 Å². The number of nitrogens with one attached hydrogen (secondary N) is 1. The van der Waals surface area contributed by atoms with Crippen molar-refractivity contribution in [3.63, 3.8) is 0 Å². The predicted molar refractivity (Wildman–Crippen MR) is 111 cm³/mol. The number of sulfonamides is 1. The molecule has 6 heteroatoms. The Bertz CT molecular complexity index is 958. The number of nitrogens with zero attached hydrogens (tertiary/aromatic N) is 1. The van der Waals surface area contributed by atoms with Crippen molar-refractivity contribution in [1.82, 2.24) is 9.62 Å². The van der Waals surface area contributed by atoms with Gasteiger partial charge in [0.1, 0.15) is 6.04 Å².